The van der Waals surface area contributed by atoms with Gasteiger partial charge in [-0.1, -0.05) is 44.2 Å². The summed E-state index contributed by atoms with van der Waals surface area (Å²) in [6.45, 7) is 4.24. The van der Waals surface area contributed by atoms with Crippen molar-refractivity contribution in [3.63, 3.8) is 0 Å². The van der Waals surface area contributed by atoms with Crippen molar-refractivity contribution in [2.75, 3.05) is 5.32 Å². The number of carbonyl (C=O) groups is 2. The lowest BCUT2D eigenvalue weighted by Crippen LogP contribution is -2.41. The minimum Gasteiger partial charge on any atom is -0.480 e. The predicted molar refractivity (Wildman–Crippen MR) is 125 cm³/mol. The van der Waals surface area contributed by atoms with Gasteiger partial charge in [0.25, 0.3) is 11.8 Å². The topological polar surface area (TPSA) is 58.6 Å². The van der Waals surface area contributed by atoms with Gasteiger partial charge in [0.15, 0.2) is 6.10 Å². The van der Waals surface area contributed by atoms with Crippen molar-refractivity contribution in [2.45, 2.75) is 45.4 Å². The lowest BCUT2D eigenvalue weighted by atomic mass is 10.0. The average molecular weight is 465 g/mol. The summed E-state index contributed by atoms with van der Waals surface area (Å²) in [4.78, 5) is 27.8. The molecule has 0 aliphatic carbocycles. The van der Waals surface area contributed by atoms with Crippen LogP contribution in [0.2, 0.25) is 0 Å². The Labute approximate surface area is 197 Å². The molecule has 3 aromatic carbocycles. The Morgan fingerprint density at radius 3 is 2.53 bits per heavy atom. The number of fused-ring (bicyclic) bond motifs is 1. The minimum absolute atomic E-state index is 0.0895. The number of carbonyl (C=O) groups excluding carboxylic acids is 2. The van der Waals surface area contributed by atoms with Gasteiger partial charge in [-0.15, -0.1) is 0 Å². The third-order valence-electron chi connectivity index (χ3n) is 5.98. The van der Waals surface area contributed by atoms with Crippen LogP contribution in [0.4, 0.5) is 14.5 Å². The molecule has 0 unspecified atom stereocenters. The number of hydrogen-bond acceptors (Lipinski definition) is 3. The van der Waals surface area contributed by atoms with Gasteiger partial charge in [0.05, 0.1) is 18.2 Å². The highest BCUT2D eigenvalue weighted by atomic mass is 19.1. The molecule has 7 heteroatoms. The summed E-state index contributed by atoms with van der Waals surface area (Å²) in [5.41, 5.74) is 1.93. The Balaban J connectivity index is 1.65. The minimum atomic E-state index is -0.938. The van der Waals surface area contributed by atoms with Gasteiger partial charge in [-0.25, -0.2) is 8.78 Å². The first-order valence-corrected chi connectivity index (χ1v) is 11.3. The second-order valence-electron chi connectivity index (χ2n) is 8.22. The van der Waals surface area contributed by atoms with Gasteiger partial charge in [0.1, 0.15) is 17.4 Å². The number of nitrogens with one attached hydrogen (secondary N) is 1. The number of halogens is 2. The number of hydrogen-bond donors (Lipinski definition) is 1. The van der Waals surface area contributed by atoms with Crippen molar-refractivity contribution in [3.05, 3.63) is 95.1 Å². The molecular weight excluding hydrogens is 438 g/mol. The van der Waals surface area contributed by atoms with Crippen LogP contribution in [0, 0.1) is 11.6 Å². The first-order chi connectivity index (χ1) is 16.4. The Hall–Kier alpha value is -3.74. The van der Waals surface area contributed by atoms with Crippen molar-refractivity contribution in [1.29, 1.82) is 0 Å². The fraction of sp³-hybridized carbons (Fsp3) is 0.259. The van der Waals surface area contributed by atoms with E-state index in [1.807, 2.05) is 49.1 Å². The summed E-state index contributed by atoms with van der Waals surface area (Å²) in [6, 6.07) is 17.6. The molecule has 1 aliphatic heterocycles. The summed E-state index contributed by atoms with van der Waals surface area (Å²) < 4.78 is 33.3. The quantitative estimate of drug-likeness (QED) is 0.497. The Bertz CT molecular complexity index is 1200. The maximum Gasteiger partial charge on any atom is 0.264 e. The monoisotopic (exact) mass is 464 g/mol. The largest absolute Gasteiger partial charge is 0.480 e. The van der Waals surface area contributed by atoms with E-state index in [4.69, 9.17) is 4.74 Å². The highest BCUT2D eigenvalue weighted by molar-refractivity contribution is 6.04. The fourth-order valence-electron chi connectivity index (χ4n) is 4.25. The number of anilines is 1. The lowest BCUT2D eigenvalue weighted by molar-refractivity contribution is -0.141. The van der Waals surface area contributed by atoms with Crippen molar-refractivity contribution in [2.24, 2.45) is 0 Å². The van der Waals surface area contributed by atoms with Crippen molar-refractivity contribution in [1.82, 2.24) is 4.90 Å². The fourth-order valence-corrected chi connectivity index (χ4v) is 4.25. The van der Waals surface area contributed by atoms with Crippen LogP contribution in [0.1, 0.15) is 54.2 Å². The first kappa shape index (κ1) is 23.4. The molecule has 1 aliphatic rings. The maximum absolute atomic E-state index is 14.0. The van der Waals surface area contributed by atoms with E-state index in [2.05, 4.69) is 5.32 Å². The molecule has 0 radical (unpaired) electrons. The molecule has 5 nitrogen and oxygen atoms in total. The van der Waals surface area contributed by atoms with Crippen LogP contribution in [-0.4, -0.2) is 22.8 Å². The average Bonchev–Trinajstić information content (AvgIpc) is 2.96. The molecular formula is C27H26F2N2O3. The number of amides is 2. The van der Waals surface area contributed by atoms with E-state index in [1.54, 1.807) is 18.2 Å². The molecule has 4 rings (SSSR count). The Kier molecular flexibility index (Phi) is 6.91. The molecule has 0 bridgehead atoms. The summed E-state index contributed by atoms with van der Waals surface area (Å²) in [5, 5.41) is 2.65. The van der Waals surface area contributed by atoms with Crippen molar-refractivity contribution < 1.29 is 23.1 Å². The number of benzene rings is 3. The molecule has 34 heavy (non-hydrogen) atoms. The van der Waals surface area contributed by atoms with Crippen LogP contribution in [0.25, 0.3) is 0 Å². The zero-order valence-electron chi connectivity index (χ0n) is 19.1. The van der Waals surface area contributed by atoms with E-state index in [0.29, 0.717) is 30.5 Å². The van der Waals surface area contributed by atoms with E-state index < -0.39 is 23.6 Å². The number of ether oxygens (including phenoxy) is 1. The van der Waals surface area contributed by atoms with Crippen LogP contribution in [-0.2, 0) is 11.3 Å². The van der Waals surface area contributed by atoms with Crippen molar-refractivity contribution in [3.8, 4) is 5.75 Å². The second kappa shape index (κ2) is 10.0. The van der Waals surface area contributed by atoms with Gasteiger partial charge in [0.2, 0.25) is 0 Å². The van der Waals surface area contributed by atoms with Gasteiger partial charge in [-0.3, -0.25) is 9.59 Å². The highest BCUT2D eigenvalue weighted by Crippen LogP contribution is 2.35. The third kappa shape index (κ3) is 4.78. The van der Waals surface area contributed by atoms with E-state index >= 15 is 0 Å². The van der Waals surface area contributed by atoms with E-state index in [9.17, 15) is 18.4 Å². The molecule has 1 N–H and O–H groups in total. The molecule has 3 aromatic rings. The van der Waals surface area contributed by atoms with Gasteiger partial charge < -0.3 is 15.0 Å². The molecule has 0 spiro atoms. The van der Waals surface area contributed by atoms with Crippen LogP contribution < -0.4 is 10.1 Å². The molecule has 0 saturated carbocycles. The molecule has 1 heterocycles. The highest BCUT2D eigenvalue weighted by Gasteiger charge is 2.34. The number of nitrogens with zero attached hydrogens (tertiary/aromatic N) is 1. The summed E-state index contributed by atoms with van der Waals surface area (Å²) in [7, 11) is 0. The first-order valence-electron chi connectivity index (χ1n) is 11.3. The summed E-state index contributed by atoms with van der Waals surface area (Å²) in [6.07, 6.45) is 0.622. The van der Waals surface area contributed by atoms with E-state index in [-0.39, 0.29) is 17.5 Å². The standard InChI is InChI=1S/C27H26F2N2O3/c1-3-23(17-8-6-5-7-9-17)31-16-18-14-20(11-13-25(18)34-24(4-2)27(31)33)30-26(32)21-12-10-19(28)15-22(21)29/h5-15,23-24H,3-4,16H2,1-2H3,(H,30,32)/t23-,24-/m1/s1. The third-order valence-corrected chi connectivity index (χ3v) is 5.98. The molecule has 176 valence electrons. The molecule has 2 amide bonds. The normalized spacial score (nSPS) is 16.3. The Morgan fingerprint density at radius 1 is 1.09 bits per heavy atom. The van der Waals surface area contributed by atoms with Crippen LogP contribution in [0.3, 0.4) is 0 Å². The van der Waals surface area contributed by atoms with Crippen molar-refractivity contribution >= 4 is 17.5 Å². The zero-order chi connectivity index (χ0) is 24.2. The molecule has 2 atom stereocenters. The van der Waals surface area contributed by atoms with Crippen LogP contribution >= 0.6 is 0 Å². The van der Waals surface area contributed by atoms with Gasteiger partial charge in [-0.05, 0) is 48.7 Å². The predicted octanol–water partition coefficient (Wildman–Crippen LogP) is 5.87. The van der Waals surface area contributed by atoms with Gasteiger partial charge >= 0.3 is 0 Å². The Morgan fingerprint density at radius 2 is 1.85 bits per heavy atom. The SMILES string of the molecule is CC[C@H](c1ccccc1)N1Cc2cc(NC(=O)c3ccc(F)cc3F)ccc2O[C@H](CC)C1=O. The molecule has 0 aromatic heterocycles. The maximum atomic E-state index is 14.0. The van der Waals surface area contributed by atoms with Crippen LogP contribution in [0.15, 0.2) is 66.7 Å². The molecule has 0 fully saturated rings. The smallest absolute Gasteiger partial charge is 0.264 e. The second-order valence-corrected chi connectivity index (χ2v) is 8.22. The molecule has 0 saturated heterocycles. The number of rotatable bonds is 6. The van der Waals surface area contributed by atoms with E-state index in [1.165, 1.54) is 0 Å². The van der Waals surface area contributed by atoms with E-state index in [0.717, 1.165) is 29.7 Å². The summed E-state index contributed by atoms with van der Waals surface area (Å²) in [5.74, 6) is -1.91. The zero-order valence-corrected chi connectivity index (χ0v) is 19.1. The lowest BCUT2D eigenvalue weighted by Gasteiger charge is -2.32. The van der Waals surface area contributed by atoms with Crippen LogP contribution in [0.5, 0.6) is 5.75 Å². The van der Waals surface area contributed by atoms with Gasteiger partial charge in [-0.2, -0.15) is 0 Å². The van der Waals surface area contributed by atoms with Gasteiger partial charge in [0, 0.05) is 17.3 Å². The summed E-state index contributed by atoms with van der Waals surface area (Å²) >= 11 is 0.